The van der Waals surface area contributed by atoms with E-state index in [-0.39, 0.29) is 11.8 Å². The van der Waals surface area contributed by atoms with Crippen LogP contribution in [0.15, 0.2) is 73.2 Å². The fraction of sp³-hybridized carbons (Fsp3) is 0.304. The van der Waals surface area contributed by atoms with Gasteiger partial charge in [0.15, 0.2) is 5.82 Å². The predicted molar refractivity (Wildman–Crippen MR) is 108 cm³/mol. The molecule has 1 amide bonds. The summed E-state index contributed by atoms with van der Waals surface area (Å²) in [4.78, 5) is 17.4. The lowest BCUT2D eigenvalue weighted by Crippen LogP contribution is -2.22. The van der Waals surface area contributed by atoms with Crippen LogP contribution in [0.25, 0.3) is 0 Å². The van der Waals surface area contributed by atoms with Gasteiger partial charge in [-0.05, 0) is 42.7 Å². The SMILES string of the molecule is O=C(Nc1cn(CC2CC2)cn1)C(CCc1ccccc1)c1ccccc1. The minimum absolute atomic E-state index is 0.00815. The van der Waals surface area contributed by atoms with E-state index in [1.54, 1.807) is 0 Å². The first-order valence-electron chi connectivity index (χ1n) is 9.69. The smallest absolute Gasteiger partial charge is 0.233 e. The Morgan fingerprint density at radius 2 is 1.78 bits per heavy atom. The van der Waals surface area contributed by atoms with Gasteiger partial charge in [0.1, 0.15) is 0 Å². The van der Waals surface area contributed by atoms with Gasteiger partial charge in [0.2, 0.25) is 5.91 Å². The third-order valence-electron chi connectivity index (χ3n) is 5.13. The Bertz CT molecular complexity index is 869. The van der Waals surface area contributed by atoms with Crippen LogP contribution in [0.3, 0.4) is 0 Å². The molecule has 0 spiro atoms. The number of hydrogen-bond acceptors (Lipinski definition) is 2. The lowest BCUT2D eigenvalue weighted by molar-refractivity contribution is -0.117. The van der Waals surface area contributed by atoms with Gasteiger partial charge in [-0.25, -0.2) is 4.98 Å². The number of nitrogens with one attached hydrogen (secondary N) is 1. The van der Waals surface area contributed by atoms with E-state index in [1.165, 1.54) is 18.4 Å². The number of anilines is 1. The van der Waals surface area contributed by atoms with Crippen molar-refractivity contribution in [2.45, 2.75) is 38.1 Å². The number of aryl methyl sites for hydroxylation is 1. The van der Waals surface area contributed by atoms with Crippen LogP contribution in [0.2, 0.25) is 0 Å². The highest BCUT2D eigenvalue weighted by molar-refractivity contribution is 5.95. The van der Waals surface area contributed by atoms with Crippen molar-refractivity contribution < 1.29 is 4.79 Å². The Morgan fingerprint density at radius 3 is 2.48 bits per heavy atom. The summed E-state index contributed by atoms with van der Waals surface area (Å²) in [7, 11) is 0. The molecule has 1 saturated carbocycles. The molecule has 4 heteroatoms. The molecule has 4 nitrogen and oxygen atoms in total. The van der Waals surface area contributed by atoms with E-state index in [9.17, 15) is 4.79 Å². The molecule has 3 aromatic rings. The maximum atomic E-state index is 13.0. The Hall–Kier alpha value is -2.88. The third kappa shape index (κ3) is 4.85. The monoisotopic (exact) mass is 359 g/mol. The lowest BCUT2D eigenvalue weighted by atomic mass is 9.91. The molecule has 0 saturated heterocycles. The molecule has 1 fully saturated rings. The standard InChI is InChI=1S/C23H25N3O/c27-23(25-22-16-26(17-24-22)15-19-11-12-19)21(20-9-5-2-6-10-20)14-13-18-7-3-1-4-8-18/h1-10,16-17,19,21H,11-15H2,(H,25,27). The summed E-state index contributed by atoms with van der Waals surface area (Å²) in [6.07, 6.45) is 7.99. The molecule has 27 heavy (non-hydrogen) atoms. The van der Waals surface area contributed by atoms with Crippen molar-refractivity contribution >= 4 is 11.7 Å². The van der Waals surface area contributed by atoms with Gasteiger partial charge in [-0.3, -0.25) is 4.79 Å². The van der Waals surface area contributed by atoms with E-state index in [0.717, 1.165) is 30.9 Å². The molecule has 1 aliphatic rings. The quantitative estimate of drug-likeness (QED) is 0.636. The molecule has 1 unspecified atom stereocenters. The first-order valence-corrected chi connectivity index (χ1v) is 9.69. The van der Waals surface area contributed by atoms with Crippen molar-refractivity contribution in [3.63, 3.8) is 0 Å². The van der Waals surface area contributed by atoms with E-state index < -0.39 is 0 Å². The van der Waals surface area contributed by atoms with Gasteiger partial charge < -0.3 is 9.88 Å². The molecule has 0 radical (unpaired) electrons. The number of carbonyl (C=O) groups excluding carboxylic acids is 1. The van der Waals surface area contributed by atoms with Crippen molar-refractivity contribution in [1.82, 2.24) is 9.55 Å². The molecule has 4 rings (SSSR count). The lowest BCUT2D eigenvalue weighted by Gasteiger charge is -2.16. The van der Waals surface area contributed by atoms with Crippen LogP contribution in [0, 0.1) is 5.92 Å². The van der Waals surface area contributed by atoms with Gasteiger partial charge in [0.05, 0.1) is 12.2 Å². The largest absolute Gasteiger partial charge is 0.335 e. The molecule has 0 aliphatic heterocycles. The molecule has 1 heterocycles. The van der Waals surface area contributed by atoms with Gasteiger partial charge in [0.25, 0.3) is 0 Å². The first kappa shape index (κ1) is 17.5. The summed E-state index contributed by atoms with van der Waals surface area (Å²) < 4.78 is 2.08. The van der Waals surface area contributed by atoms with Crippen LogP contribution in [0.4, 0.5) is 5.82 Å². The van der Waals surface area contributed by atoms with Gasteiger partial charge in [-0.1, -0.05) is 60.7 Å². The molecular weight excluding hydrogens is 334 g/mol. The summed E-state index contributed by atoms with van der Waals surface area (Å²) >= 11 is 0. The van der Waals surface area contributed by atoms with Crippen molar-refractivity contribution in [2.24, 2.45) is 5.92 Å². The van der Waals surface area contributed by atoms with Crippen molar-refractivity contribution in [3.05, 3.63) is 84.3 Å². The van der Waals surface area contributed by atoms with Crippen LogP contribution in [-0.4, -0.2) is 15.5 Å². The highest BCUT2D eigenvalue weighted by Crippen LogP contribution is 2.30. The van der Waals surface area contributed by atoms with Crippen LogP contribution in [-0.2, 0) is 17.8 Å². The van der Waals surface area contributed by atoms with Crippen LogP contribution in [0.5, 0.6) is 0 Å². The predicted octanol–water partition coefficient (Wildman–Crippen LogP) is 4.65. The molecular formula is C23H25N3O. The second-order valence-electron chi connectivity index (χ2n) is 7.38. The number of aromatic nitrogens is 2. The highest BCUT2D eigenvalue weighted by Gasteiger charge is 2.23. The molecule has 1 atom stereocenters. The van der Waals surface area contributed by atoms with E-state index in [4.69, 9.17) is 0 Å². The van der Waals surface area contributed by atoms with E-state index in [0.29, 0.717) is 5.82 Å². The van der Waals surface area contributed by atoms with Crippen LogP contribution in [0.1, 0.15) is 36.3 Å². The Kier molecular flexibility index (Phi) is 5.33. The van der Waals surface area contributed by atoms with Crippen LogP contribution >= 0.6 is 0 Å². The molecule has 1 N–H and O–H groups in total. The molecule has 138 valence electrons. The van der Waals surface area contributed by atoms with Gasteiger partial charge in [-0.15, -0.1) is 0 Å². The zero-order valence-corrected chi connectivity index (χ0v) is 15.4. The summed E-state index contributed by atoms with van der Waals surface area (Å²) in [6.45, 7) is 0.999. The molecule has 2 aromatic carbocycles. The minimum Gasteiger partial charge on any atom is -0.335 e. The highest BCUT2D eigenvalue weighted by atomic mass is 16.1. The van der Waals surface area contributed by atoms with Crippen molar-refractivity contribution in [3.8, 4) is 0 Å². The topological polar surface area (TPSA) is 46.9 Å². The number of rotatable bonds is 8. The third-order valence-corrected chi connectivity index (χ3v) is 5.13. The number of nitrogens with zero attached hydrogens (tertiary/aromatic N) is 2. The van der Waals surface area contributed by atoms with E-state index in [2.05, 4.69) is 27.0 Å². The number of hydrogen-bond donors (Lipinski definition) is 1. The second kappa shape index (κ2) is 8.21. The summed E-state index contributed by atoms with van der Waals surface area (Å²) in [5.41, 5.74) is 2.29. The Labute approximate surface area is 160 Å². The molecule has 1 aliphatic carbocycles. The minimum atomic E-state index is -0.194. The normalized spacial score (nSPS) is 14.7. The first-order chi connectivity index (χ1) is 13.3. The maximum absolute atomic E-state index is 13.0. The molecule has 1 aromatic heterocycles. The summed E-state index contributed by atoms with van der Waals surface area (Å²) in [6, 6.07) is 20.3. The average molecular weight is 359 g/mol. The fourth-order valence-corrected chi connectivity index (χ4v) is 3.43. The Morgan fingerprint density at radius 1 is 1.07 bits per heavy atom. The van der Waals surface area contributed by atoms with E-state index in [1.807, 2.05) is 61.1 Å². The summed E-state index contributed by atoms with van der Waals surface area (Å²) in [5.74, 6) is 1.24. The van der Waals surface area contributed by atoms with Gasteiger partial charge in [-0.2, -0.15) is 0 Å². The number of carbonyl (C=O) groups is 1. The van der Waals surface area contributed by atoms with Crippen molar-refractivity contribution in [1.29, 1.82) is 0 Å². The average Bonchev–Trinajstić information content (AvgIpc) is 3.41. The van der Waals surface area contributed by atoms with Gasteiger partial charge >= 0.3 is 0 Å². The fourth-order valence-electron chi connectivity index (χ4n) is 3.43. The zero-order valence-electron chi connectivity index (χ0n) is 15.4. The zero-order chi connectivity index (χ0) is 18.5. The Balaban J connectivity index is 1.45. The van der Waals surface area contributed by atoms with Crippen LogP contribution < -0.4 is 5.32 Å². The van der Waals surface area contributed by atoms with Crippen molar-refractivity contribution in [2.75, 3.05) is 5.32 Å². The van der Waals surface area contributed by atoms with E-state index >= 15 is 0 Å². The number of imidazole rings is 1. The maximum Gasteiger partial charge on any atom is 0.233 e. The summed E-state index contributed by atoms with van der Waals surface area (Å²) in [5, 5.41) is 3.02. The number of amides is 1. The second-order valence-corrected chi connectivity index (χ2v) is 7.38. The number of benzene rings is 2. The van der Waals surface area contributed by atoms with Gasteiger partial charge in [0, 0.05) is 12.7 Å². The molecule has 0 bridgehead atoms.